The molecule has 2 rings (SSSR count). The molecule has 1 aromatic carbocycles. The van der Waals surface area contributed by atoms with Crippen LogP contribution in [0.15, 0.2) is 30.3 Å². The number of hydrogen-bond acceptors (Lipinski definition) is 2. The number of nitrogens with two attached hydrogens (primary N) is 1. The van der Waals surface area contributed by atoms with Crippen molar-refractivity contribution >= 4 is 5.91 Å². The second-order valence-corrected chi connectivity index (χ2v) is 5.12. The van der Waals surface area contributed by atoms with E-state index in [-0.39, 0.29) is 11.9 Å². The number of rotatable bonds is 4. The molecule has 0 aromatic heterocycles. The summed E-state index contributed by atoms with van der Waals surface area (Å²) >= 11 is 0. The van der Waals surface area contributed by atoms with Gasteiger partial charge in [-0.3, -0.25) is 4.79 Å². The Kier molecular flexibility index (Phi) is 4.76. The Hall–Kier alpha value is -1.35. The van der Waals surface area contributed by atoms with Gasteiger partial charge in [0, 0.05) is 18.5 Å². The van der Waals surface area contributed by atoms with Gasteiger partial charge in [0.15, 0.2) is 0 Å². The van der Waals surface area contributed by atoms with Crippen molar-refractivity contribution in [2.75, 3.05) is 0 Å². The maximum atomic E-state index is 11.9. The molecule has 0 heterocycles. The maximum Gasteiger partial charge on any atom is 0.222 e. The molecule has 1 saturated carbocycles. The highest BCUT2D eigenvalue weighted by Crippen LogP contribution is 2.18. The average Bonchev–Trinajstić information content (AvgIpc) is 2.40. The van der Waals surface area contributed by atoms with Crippen molar-refractivity contribution in [3.05, 3.63) is 35.9 Å². The molecule has 1 aliphatic rings. The van der Waals surface area contributed by atoms with Gasteiger partial charge in [0.05, 0.1) is 0 Å². The van der Waals surface area contributed by atoms with Crippen LogP contribution in [0.2, 0.25) is 0 Å². The molecule has 18 heavy (non-hydrogen) atoms. The summed E-state index contributed by atoms with van der Waals surface area (Å²) in [6, 6.07) is 9.97. The normalized spacial score (nSPS) is 18.3. The van der Waals surface area contributed by atoms with Gasteiger partial charge in [-0.25, -0.2) is 0 Å². The highest BCUT2D eigenvalue weighted by molar-refractivity contribution is 5.77. The van der Waals surface area contributed by atoms with Crippen LogP contribution in [0, 0.1) is 0 Å². The van der Waals surface area contributed by atoms with Gasteiger partial charge in [-0.05, 0) is 18.4 Å². The van der Waals surface area contributed by atoms with Gasteiger partial charge < -0.3 is 11.1 Å². The minimum Gasteiger partial charge on any atom is -0.353 e. The van der Waals surface area contributed by atoms with E-state index in [1.807, 2.05) is 30.3 Å². The maximum absolute atomic E-state index is 11.9. The molecular formula is C15H22N2O. The van der Waals surface area contributed by atoms with Crippen LogP contribution in [0.1, 0.15) is 50.1 Å². The van der Waals surface area contributed by atoms with Gasteiger partial charge in [0.1, 0.15) is 0 Å². The molecule has 0 spiro atoms. The number of nitrogens with one attached hydrogen (secondary N) is 1. The Balaban J connectivity index is 1.80. The lowest BCUT2D eigenvalue weighted by Crippen LogP contribution is -2.37. The Labute approximate surface area is 109 Å². The summed E-state index contributed by atoms with van der Waals surface area (Å²) in [6.07, 6.45) is 6.38. The minimum atomic E-state index is -0.199. The molecule has 3 nitrogen and oxygen atoms in total. The zero-order valence-electron chi connectivity index (χ0n) is 10.8. The highest BCUT2D eigenvalue weighted by Gasteiger charge is 2.17. The Morgan fingerprint density at radius 3 is 2.56 bits per heavy atom. The summed E-state index contributed by atoms with van der Waals surface area (Å²) in [4.78, 5) is 11.9. The number of carbonyl (C=O) groups is 1. The van der Waals surface area contributed by atoms with Crippen LogP contribution in [0.3, 0.4) is 0 Å². The molecule has 0 aliphatic heterocycles. The van der Waals surface area contributed by atoms with Crippen molar-refractivity contribution in [1.29, 1.82) is 0 Å². The average molecular weight is 246 g/mol. The van der Waals surface area contributed by atoms with Crippen LogP contribution >= 0.6 is 0 Å². The van der Waals surface area contributed by atoms with E-state index in [4.69, 9.17) is 5.73 Å². The van der Waals surface area contributed by atoms with Crippen LogP contribution in [0.5, 0.6) is 0 Å². The standard InChI is InChI=1S/C15H22N2O/c16-14(12-7-3-1-4-8-12)11-15(18)17-13-9-5-2-6-10-13/h1,3-4,7-8,13-14H,2,5-6,9-11,16H2,(H,17,18). The van der Waals surface area contributed by atoms with E-state index in [9.17, 15) is 4.79 Å². The van der Waals surface area contributed by atoms with Crippen molar-refractivity contribution in [2.45, 2.75) is 50.6 Å². The van der Waals surface area contributed by atoms with Crippen LogP contribution in [0.25, 0.3) is 0 Å². The van der Waals surface area contributed by atoms with Gasteiger partial charge in [-0.1, -0.05) is 49.6 Å². The first-order chi connectivity index (χ1) is 8.75. The number of amides is 1. The molecule has 1 atom stereocenters. The highest BCUT2D eigenvalue weighted by atomic mass is 16.1. The lowest BCUT2D eigenvalue weighted by molar-refractivity contribution is -0.122. The van der Waals surface area contributed by atoms with Crippen LogP contribution < -0.4 is 11.1 Å². The molecule has 0 saturated heterocycles. The monoisotopic (exact) mass is 246 g/mol. The molecule has 0 radical (unpaired) electrons. The summed E-state index contributed by atoms with van der Waals surface area (Å²) in [7, 11) is 0. The Morgan fingerprint density at radius 2 is 1.89 bits per heavy atom. The predicted octanol–water partition coefficient (Wildman–Crippen LogP) is 2.53. The van der Waals surface area contributed by atoms with E-state index in [0.717, 1.165) is 18.4 Å². The van der Waals surface area contributed by atoms with Crippen LogP contribution in [-0.2, 0) is 4.79 Å². The summed E-state index contributed by atoms with van der Waals surface area (Å²) in [5.74, 6) is 0.0817. The molecule has 0 bridgehead atoms. The third-order valence-electron chi connectivity index (χ3n) is 3.60. The Bertz CT molecular complexity index is 371. The quantitative estimate of drug-likeness (QED) is 0.857. The van der Waals surface area contributed by atoms with Crippen molar-refractivity contribution in [2.24, 2.45) is 5.73 Å². The fraction of sp³-hybridized carbons (Fsp3) is 0.533. The van der Waals surface area contributed by atoms with Crippen molar-refractivity contribution < 1.29 is 4.79 Å². The van der Waals surface area contributed by atoms with Crippen molar-refractivity contribution in [3.8, 4) is 0 Å². The van der Waals surface area contributed by atoms with Gasteiger partial charge in [-0.2, -0.15) is 0 Å². The lowest BCUT2D eigenvalue weighted by Gasteiger charge is -2.23. The fourth-order valence-corrected chi connectivity index (χ4v) is 2.55. The minimum absolute atomic E-state index is 0.0817. The Morgan fingerprint density at radius 1 is 1.22 bits per heavy atom. The number of hydrogen-bond donors (Lipinski definition) is 2. The van der Waals surface area contributed by atoms with Gasteiger partial charge in [0.2, 0.25) is 5.91 Å². The first kappa shape index (κ1) is 13.1. The fourth-order valence-electron chi connectivity index (χ4n) is 2.55. The molecule has 1 aliphatic carbocycles. The summed E-state index contributed by atoms with van der Waals surface area (Å²) in [5.41, 5.74) is 7.06. The molecule has 3 heteroatoms. The van der Waals surface area contributed by atoms with E-state index in [1.54, 1.807) is 0 Å². The van der Waals surface area contributed by atoms with E-state index in [2.05, 4.69) is 5.32 Å². The van der Waals surface area contributed by atoms with Crippen LogP contribution in [-0.4, -0.2) is 11.9 Å². The molecule has 1 unspecified atom stereocenters. The van der Waals surface area contributed by atoms with E-state index in [1.165, 1.54) is 19.3 Å². The van der Waals surface area contributed by atoms with E-state index in [0.29, 0.717) is 12.5 Å². The first-order valence-corrected chi connectivity index (χ1v) is 6.85. The zero-order valence-corrected chi connectivity index (χ0v) is 10.8. The second-order valence-electron chi connectivity index (χ2n) is 5.12. The lowest BCUT2D eigenvalue weighted by atomic mass is 9.95. The predicted molar refractivity (Wildman–Crippen MR) is 73.0 cm³/mol. The SMILES string of the molecule is NC(CC(=O)NC1CCCCC1)c1ccccc1. The molecule has 1 aromatic rings. The van der Waals surface area contributed by atoms with Gasteiger partial charge in [-0.15, -0.1) is 0 Å². The van der Waals surface area contributed by atoms with Crippen molar-refractivity contribution in [1.82, 2.24) is 5.32 Å². The largest absolute Gasteiger partial charge is 0.353 e. The van der Waals surface area contributed by atoms with E-state index < -0.39 is 0 Å². The summed E-state index contributed by atoms with van der Waals surface area (Å²) in [6.45, 7) is 0. The molecular weight excluding hydrogens is 224 g/mol. The van der Waals surface area contributed by atoms with Crippen LogP contribution in [0.4, 0.5) is 0 Å². The number of benzene rings is 1. The van der Waals surface area contributed by atoms with Crippen molar-refractivity contribution in [3.63, 3.8) is 0 Å². The smallest absolute Gasteiger partial charge is 0.222 e. The summed E-state index contributed by atoms with van der Waals surface area (Å²) < 4.78 is 0. The third-order valence-corrected chi connectivity index (χ3v) is 3.60. The number of carbonyl (C=O) groups excluding carboxylic acids is 1. The molecule has 1 fully saturated rings. The second kappa shape index (κ2) is 6.55. The zero-order chi connectivity index (χ0) is 12.8. The topological polar surface area (TPSA) is 55.1 Å². The van der Waals surface area contributed by atoms with Gasteiger partial charge in [0.25, 0.3) is 0 Å². The van der Waals surface area contributed by atoms with E-state index >= 15 is 0 Å². The third kappa shape index (κ3) is 3.84. The van der Waals surface area contributed by atoms with Gasteiger partial charge >= 0.3 is 0 Å². The summed E-state index contributed by atoms with van der Waals surface area (Å²) in [5, 5.41) is 3.10. The molecule has 98 valence electrons. The first-order valence-electron chi connectivity index (χ1n) is 6.85. The molecule has 3 N–H and O–H groups in total. The molecule has 1 amide bonds.